The number of aromatic nitrogens is 3. The summed E-state index contributed by atoms with van der Waals surface area (Å²) < 4.78 is 2.00. The van der Waals surface area contributed by atoms with Crippen LogP contribution in [-0.4, -0.2) is 26.4 Å². The maximum Gasteiger partial charge on any atom is 0.234 e. The summed E-state index contributed by atoms with van der Waals surface area (Å²) in [5.41, 5.74) is 3.82. The fourth-order valence-corrected chi connectivity index (χ4v) is 3.99. The van der Waals surface area contributed by atoms with Gasteiger partial charge in [-0.1, -0.05) is 53.7 Å². The topological polar surface area (TPSA) is 71.8 Å². The van der Waals surface area contributed by atoms with E-state index in [1.165, 1.54) is 11.8 Å². The fourth-order valence-electron chi connectivity index (χ4n) is 2.97. The van der Waals surface area contributed by atoms with Crippen molar-refractivity contribution in [3.05, 3.63) is 64.4 Å². The van der Waals surface area contributed by atoms with Crippen LogP contribution in [0, 0.1) is 13.8 Å². The number of benzene rings is 2. The summed E-state index contributed by atoms with van der Waals surface area (Å²) >= 11 is 7.57. The molecule has 3 aromatic rings. The number of amides is 1. The average molecular weight is 430 g/mol. The molecule has 2 N–H and O–H groups in total. The van der Waals surface area contributed by atoms with Crippen molar-refractivity contribution in [1.29, 1.82) is 0 Å². The zero-order valence-corrected chi connectivity index (χ0v) is 18.3. The Morgan fingerprint density at radius 2 is 1.83 bits per heavy atom. The monoisotopic (exact) mass is 429 g/mol. The van der Waals surface area contributed by atoms with Crippen LogP contribution in [-0.2, 0) is 17.9 Å². The Bertz CT molecular complexity index is 984. The van der Waals surface area contributed by atoms with Crippen LogP contribution in [0.2, 0.25) is 5.02 Å². The molecule has 1 amide bonds. The SMILES string of the molecule is CCn1c(CNc2ccccc2Cl)nnc1SCC(=O)Nc1c(C)cccc1C. The van der Waals surface area contributed by atoms with Crippen LogP contribution < -0.4 is 10.6 Å². The Morgan fingerprint density at radius 1 is 1.10 bits per heavy atom. The number of carbonyl (C=O) groups excluding carboxylic acids is 1. The third-order valence-corrected chi connectivity index (χ3v) is 5.79. The lowest BCUT2D eigenvalue weighted by molar-refractivity contribution is -0.113. The molecule has 6 nitrogen and oxygen atoms in total. The van der Waals surface area contributed by atoms with Crippen molar-refractivity contribution in [3.8, 4) is 0 Å². The Morgan fingerprint density at radius 3 is 2.52 bits per heavy atom. The second-order valence-corrected chi connectivity index (χ2v) is 7.93. The maximum absolute atomic E-state index is 12.4. The lowest BCUT2D eigenvalue weighted by atomic mass is 10.1. The van der Waals surface area contributed by atoms with E-state index in [2.05, 4.69) is 20.8 Å². The van der Waals surface area contributed by atoms with Gasteiger partial charge in [-0.3, -0.25) is 4.79 Å². The minimum atomic E-state index is -0.0613. The van der Waals surface area contributed by atoms with Crippen LogP contribution in [0.3, 0.4) is 0 Å². The van der Waals surface area contributed by atoms with E-state index in [0.29, 0.717) is 18.1 Å². The normalized spacial score (nSPS) is 10.8. The molecular weight excluding hydrogens is 406 g/mol. The first-order chi connectivity index (χ1) is 14.0. The second-order valence-electron chi connectivity index (χ2n) is 6.58. The molecule has 0 saturated heterocycles. The van der Waals surface area contributed by atoms with Crippen molar-refractivity contribution in [2.24, 2.45) is 0 Å². The standard InChI is InChI=1S/C21H24ClN5OS/c1-4-27-18(12-23-17-11-6-5-10-16(17)22)25-26-21(27)29-13-19(28)24-20-14(2)8-7-9-15(20)3/h5-11,23H,4,12-13H2,1-3H3,(H,24,28). The first-order valence-electron chi connectivity index (χ1n) is 9.39. The number of carbonyl (C=O) groups is 1. The van der Waals surface area contributed by atoms with Crippen LogP contribution in [0.1, 0.15) is 23.9 Å². The van der Waals surface area contributed by atoms with E-state index in [0.717, 1.165) is 33.5 Å². The fraction of sp³-hybridized carbons (Fsp3) is 0.286. The minimum Gasteiger partial charge on any atom is -0.377 e. The first-order valence-corrected chi connectivity index (χ1v) is 10.7. The number of rotatable bonds is 8. The van der Waals surface area contributed by atoms with Crippen molar-refractivity contribution in [3.63, 3.8) is 0 Å². The Labute approximate surface area is 180 Å². The third-order valence-electron chi connectivity index (χ3n) is 4.50. The van der Waals surface area contributed by atoms with Crippen molar-refractivity contribution >= 4 is 40.6 Å². The van der Waals surface area contributed by atoms with Crippen molar-refractivity contribution in [1.82, 2.24) is 14.8 Å². The highest BCUT2D eigenvalue weighted by atomic mass is 35.5. The van der Waals surface area contributed by atoms with Gasteiger partial charge in [0, 0.05) is 12.2 Å². The number of nitrogens with zero attached hydrogens (tertiary/aromatic N) is 3. The molecule has 0 aliphatic rings. The lowest BCUT2D eigenvalue weighted by Crippen LogP contribution is -2.16. The van der Waals surface area contributed by atoms with E-state index in [1.807, 2.05) is 67.8 Å². The number of thioether (sulfide) groups is 1. The maximum atomic E-state index is 12.4. The zero-order chi connectivity index (χ0) is 20.8. The van der Waals surface area contributed by atoms with E-state index in [1.54, 1.807) is 0 Å². The molecule has 3 rings (SSSR count). The largest absolute Gasteiger partial charge is 0.377 e. The van der Waals surface area contributed by atoms with Crippen molar-refractivity contribution in [2.45, 2.75) is 39.0 Å². The van der Waals surface area contributed by atoms with Gasteiger partial charge < -0.3 is 15.2 Å². The van der Waals surface area contributed by atoms with Gasteiger partial charge >= 0.3 is 0 Å². The summed E-state index contributed by atoms with van der Waals surface area (Å²) in [5.74, 6) is 1.00. The summed E-state index contributed by atoms with van der Waals surface area (Å²) in [4.78, 5) is 12.4. The van der Waals surface area contributed by atoms with Crippen LogP contribution >= 0.6 is 23.4 Å². The van der Waals surface area contributed by atoms with Gasteiger partial charge in [-0.15, -0.1) is 10.2 Å². The molecule has 1 aromatic heterocycles. The molecular formula is C21H24ClN5OS. The summed E-state index contributed by atoms with van der Waals surface area (Å²) in [6.07, 6.45) is 0. The number of aryl methyl sites for hydroxylation is 2. The smallest absolute Gasteiger partial charge is 0.234 e. The van der Waals surface area contributed by atoms with Gasteiger partial charge in [0.05, 0.1) is 23.0 Å². The highest BCUT2D eigenvalue weighted by molar-refractivity contribution is 7.99. The lowest BCUT2D eigenvalue weighted by Gasteiger charge is -2.12. The molecule has 0 radical (unpaired) electrons. The molecule has 1 heterocycles. The van der Waals surface area contributed by atoms with E-state index in [-0.39, 0.29) is 11.7 Å². The quantitative estimate of drug-likeness (QED) is 0.498. The molecule has 8 heteroatoms. The van der Waals surface area contributed by atoms with Gasteiger partial charge in [-0.2, -0.15) is 0 Å². The molecule has 0 aliphatic heterocycles. The van der Waals surface area contributed by atoms with Crippen molar-refractivity contribution in [2.75, 3.05) is 16.4 Å². The van der Waals surface area contributed by atoms with E-state index in [4.69, 9.17) is 11.6 Å². The molecule has 0 spiro atoms. The Kier molecular flexibility index (Phi) is 7.17. The number of halogens is 1. The molecule has 0 unspecified atom stereocenters. The molecule has 152 valence electrons. The number of para-hydroxylation sites is 2. The molecule has 0 saturated carbocycles. The van der Waals surface area contributed by atoms with Crippen LogP contribution in [0.4, 0.5) is 11.4 Å². The van der Waals surface area contributed by atoms with E-state index < -0.39 is 0 Å². The highest BCUT2D eigenvalue weighted by Gasteiger charge is 2.14. The summed E-state index contributed by atoms with van der Waals surface area (Å²) in [6, 6.07) is 13.5. The van der Waals surface area contributed by atoms with Crippen LogP contribution in [0.5, 0.6) is 0 Å². The number of hydrogen-bond acceptors (Lipinski definition) is 5. The summed E-state index contributed by atoms with van der Waals surface area (Å²) in [6.45, 7) is 7.22. The number of anilines is 2. The van der Waals surface area contributed by atoms with E-state index in [9.17, 15) is 4.79 Å². The third kappa shape index (κ3) is 5.31. The molecule has 0 aliphatic carbocycles. The number of nitrogens with one attached hydrogen (secondary N) is 2. The molecule has 0 bridgehead atoms. The molecule has 2 aromatic carbocycles. The van der Waals surface area contributed by atoms with Gasteiger partial charge in [0.1, 0.15) is 0 Å². The molecule has 0 atom stereocenters. The minimum absolute atomic E-state index is 0.0613. The number of hydrogen-bond donors (Lipinski definition) is 2. The van der Waals surface area contributed by atoms with Gasteiger partial charge in [-0.05, 0) is 44.0 Å². The average Bonchev–Trinajstić information content (AvgIpc) is 3.10. The van der Waals surface area contributed by atoms with Gasteiger partial charge in [0.2, 0.25) is 5.91 Å². The van der Waals surface area contributed by atoms with Crippen molar-refractivity contribution < 1.29 is 4.79 Å². The van der Waals surface area contributed by atoms with E-state index >= 15 is 0 Å². The predicted molar refractivity (Wildman–Crippen MR) is 120 cm³/mol. The zero-order valence-electron chi connectivity index (χ0n) is 16.7. The van der Waals surface area contributed by atoms with Gasteiger partial charge in [0.15, 0.2) is 11.0 Å². The summed E-state index contributed by atoms with van der Waals surface area (Å²) in [5, 5.41) is 16.2. The predicted octanol–water partition coefficient (Wildman–Crippen LogP) is 4.91. The highest BCUT2D eigenvalue weighted by Crippen LogP contribution is 2.23. The van der Waals surface area contributed by atoms with Crippen LogP contribution in [0.15, 0.2) is 47.6 Å². The Hall–Kier alpha value is -2.51. The molecule has 29 heavy (non-hydrogen) atoms. The Balaban J connectivity index is 1.61. The van der Waals surface area contributed by atoms with Crippen LogP contribution in [0.25, 0.3) is 0 Å². The second kappa shape index (κ2) is 9.80. The van der Waals surface area contributed by atoms with Gasteiger partial charge in [0.25, 0.3) is 0 Å². The molecule has 0 fully saturated rings. The first kappa shape index (κ1) is 21.2. The summed E-state index contributed by atoms with van der Waals surface area (Å²) in [7, 11) is 0. The van der Waals surface area contributed by atoms with Gasteiger partial charge in [-0.25, -0.2) is 0 Å².